The van der Waals surface area contributed by atoms with E-state index in [-0.39, 0.29) is 43.8 Å². The number of hydrogen-bond donors (Lipinski definition) is 2. The fraction of sp³-hybridized carbons (Fsp3) is 0.926. The molecule has 5 heteroatoms. The van der Waals surface area contributed by atoms with E-state index in [1.165, 1.54) is 89.9 Å². The zero-order valence-corrected chi connectivity index (χ0v) is 23.8. The van der Waals surface area contributed by atoms with Gasteiger partial charge < -0.3 is 11.6 Å². The van der Waals surface area contributed by atoms with Crippen LogP contribution in [0, 0.1) is 5.41 Å². The molecule has 4 nitrogen and oxygen atoms in total. The zero-order valence-electron chi connectivity index (χ0n) is 22.8. The monoisotopic (exact) mass is 464 g/mol. The predicted octanol–water partition coefficient (Wildman–Crippen LogP) is 5.88. The van der Waals surface area contributed by atoms with Crippen LogP contribution in [0.15, 0.2) is 0 Å². The normalized spacial score (nSPS) is 11.3. The summed E-state index contributed by atoms with van der Waals surface area (Å²) in [6.45, 7) is 4.45. The maximum absolute atomic E-state index is 11.9. The molecule has 0 amide bonds. The predicted molar refractivity (Wildman–Crippen MR) is 132 cm³/mol. The summed E-state index contributed by atoms with van der Waals surface area (Å²) in [7, 11) is 0. The molecule has 0 aromatic heterocycles. The summed E-state index contributed by atoms with van der Waals surface area (Å²) in [6.07, 6.45) is 23.9. The third-order valence-corrected chi connectivity index (χ3v) is 6.73. The molecule has 0 aliphatic rings. The van der Waals surface area contributed by atoms with Gasteiger partial charge >= 0.3 is 41.5 Å². The molecule has 0 saturated carbocycles. The van der Waals surface area contributed by atoms with Gasteiger partial charge in [-0.05, 0) is 12.8 Å². The summed E-state index contributed by atoms with van der Waals surface area (Å²) >= 11 is 0. The van der Waals surface area contributed by atoms with Gasteiger partial charge in [-0.15, -0.1) is 0 Å². The van der Waals surface area contributed by atoms with Gasteiger partial charge in [-0.2, -0.15) is 0 Å². The van der Waals surface area contributed by atoms with Gasteiger partial charge in [-0.25, -0.2) is 0 Å². The van der Waals surface area contributed by atoms with Crippen LogP contribution in [0.4, 0.5) is 0 Å². The minimum Gasteiger partial charge on any atom is -1.00 e. The van der Waals surface area contributed by atoms with E-state index in [4.69, 9.17) is 0 Å². The van der Waals surface area contributed by atoms with Gasteiger partial charge in [-0.3, -0.25) is 9.59 Å². The van der Waals surface area contributed by atoms with Crippen molar-refractivity contribution in [2.24, 2.45) is 5.41 Å². The molecule has 0 aliphatic heterocycles. The summed E-state index contributed by atoms with van der Waals surface area (Å²) < 4.78 is 0. The Morgan fingerprint density at radius 2 is 0.719 bits per heavy atom. The first-order chi connectivity index (χ1) is 15.0. The Morgan fingerprint density at radius 1 is 0.500 bits per heavy atom. The summed E-state index contributed by atoms with van der Waals surface area (Å²) in [5, 5.41) is 19.4. The van der Waals surface area contributed by atoms with Gasteiger partial charge in [0.15, 0.2) is 5.41 Å². The van der Waals surface area contributed by atoms with Crippen molar-refractivity contribution in [1.82, 2.24) is 0 Å². The third kappa shape index (κ3) is 17.4. The number of carboxylic acid groups (broad SMARTS) is 2. The molecule has 2 N–H and O–H groups in total. The zero-order chi connectivity index (χ0) is 23.2. The van der Waals surface area contributed by atoms with Crippen molar-refractivity contribution >= 4 is 11.9 Å². The van der Waals surface area contributed by atoms with Gasteiger partial charge in [0.25, 0.3) is 0 Å². The standard InChI is InChI=1S/C27H52O4.Na.H/c1-3-5-7-9-11-13-15-17-19-21-23-27(25(28)29,26(30)31)24-22-20-18-16-14-12-10-8-6-4-2;;/h3-24H2,1-2H3,(H,28,29)(H,30,31);;/q;+1;-1. The van der Waals surface area contributed by atoms with Crippen molar-refractivity contribution < 1.29 is 50.8 Å². The number of carbonyl (C=O) groups is 2. The van der Waals surface area contributed by atoms with Crippen LogP contribution in [0.5, 0.6) is 0 Å². The largest absolute Gasteiger partial charge is 1.00 e. The second-order valence-electron chi connectivity index (χ2n) is 9.56. The number of unbranched alkanes of at least 4 members (excludes halogenated alkanes) is 18. The fourth-order valence-electron chi connectivity index (χ4n) is 4.47. The summed E-state index contributed by atoms with van der Waals surface area (Å²) in [6, 6.07) is 0. The van der Waals surface area contributed by atoms with E-state index in [2.05, 4.69) is 13.8 Å². The van der Waals surface area contributed by atoms with E-state index in [1.807, 2.05) is 0 Å². The second kappa shape index (κ2) is 24.1. The smallest absolute Gasteiger partial charge is 1.00 e. The summed E-state index contributed by atoms with van der Waals surface area (Å²) in [5.74, 6) is -2.29. The quantitative estimate of drug-likeness (QED) is 0.106. The van der Waals surface area contributed by atoms with Crippen LogP contribution in [0.1, 0.15) is 157 Å². The Balaban J connectivity index is -0.00000450. The second-order valence-corrected chi connectivity index (χ2v) is 9.56. The molecular weight excluding hydrogens is 411 g/mol. The SMILES string of the molecule is CCCCCCCCCCCCC(CCCCCCCCCCCC)(C(=O)O)C(=O)O.[H-].[Na+]. The molecule has 0 unspecified atom stereocenters. The van der Waals surface area contributed by atoms with Crippen LogP contribution in [-0.4, -0.2) is 22.2 Å². The molecule has 0 atom stereocenters. The Morgan fingerprint density at radius 3 is 0.938 bits per heavy atom. The Bertz CT molecular complexity index is 406. The first-order valence-electron chi connectivity index (χ1n) is 13.5. The van der Waals surface area contributed by atoms with Crippen molar-refractivity contribution in [3.8, 4) is 0 Å². The van der Waals surface area contributed by atoms with Gasteiger partial charge in [0.05, 0.1) is 0 Å². The van der Waals surface area contributed by atoms with E-state index in [1.54, 1.807) is 0 Å². The van der Waals surface area contributed by atoms with Gasteiger partial charge in [0, 0.05) is 0 Å². The van der Waals surface area contributed by atoms with Crippen molar-refractivity contribution in [1.29, 1.82) is 0 Å². The van der Waals surface area contributed by atoms with E-state index in [0.29, 0.717) is 12.8 Å². The first-order valence-corrected chi connectivity index (χ1v) is 13.5. The Kier molecular flexibility index (Phi) is 25.7. The Hall–Kier alpha value is -0.0600. The molecule has 0 aliphatic carbocycles. The number of hydrogen-bond acceptors (Lipinski definition) is 2. The van der Waals surface area contributed by atoms with Gasteiger partial charge in [-0.1, -0.05) is 142 Å². The average molecular weight is 465 g/mol. The fourth-order valence-corrected chi connectivity index (χ4v) is 4.47. The molecule has 0 saturated heterocycles. The summed E-state index contributed by atoms with van der Waals surface area (Å²) in [5.41, 5.74) is -1.58. The number of rotatable bonds is 24. The molecule has 0 rings (SSSR count). The molecular formula is C27H53NaO4. The number of carboxylic acids is 2. The van der Waals surface area contributed by atoms with Crippen LogP contribution in [0.25, 0.3) is 0 Å². The van der Waals surface area contributed by atoms with E-state index < -0.39 is 17.4 Å². The van der Waals surface area contributed by atoms with Crippen LogP contribution in [-0.2, 0) is 9.59 Å². The van der Waals surface area contributed by atoms with Crippen molar-refractivity contribution in [3.63, 3.8) is 0 Å². The van der Waals surface area contributed by atoms with Crippen molar-refractivity contribution in [2.45, 2.75) is 155 Å². The molecule has 0 aromatic rings. The van der Waals surface area contributed by atoms with Crippen molar-refractivity contribution in [3.05, 3.63) is 0 Å². The Labute approximate surface area is 222 Å². The van der Waals surface area contributed by atoms with Crippen molar-refractivity contribution in [2.75, 3.05) is 0 Å². The molecule has 32 heavy (non-hydrogen) atoms. The molecule has 0 radical (unpaired) electrons. The minimum atomic E-state index is -1.58. The molecule has 186 valence electrons. The molecule has 0 fully saturated rings. The van der Waals surface area contributed by atoms with Crippen LogP contribution in [0.3, 0.4) is 0 Å². The first kappa shape index (κ1) is 34.1. The molecule has 0 aromatic carbocycles. The van der Waals surface area contributed by atoms with Gasteiger partial charge in [0.1, 0.15) is 0 Å². The molecule has 0 heterocycles. The average Bonchev–Trinajstić information content (AvgIpc) is 2.74. The molecule has 0 spiro atoms. The van der Waals surface area contributed by atoms with E-state index in [9.17, 15) is 19.8 Å². The maximum atomic E-state index is 11.9. The van der Waals surface area contributed by atoms with E-state index in [0.717, 1.165) is 25.7 Å². The molecule has 0 bridgehead atoms. The van der Waals surface area contributed by atoms with Gasteiger partial charge in [0.2, 0.25) is 0 Å². The third-order valence-electron chi connectivity index (χ3n) is 6.73. The topological polar surface area (TPSA) is 74.6 Å². The maximum Gasteiger partial charge on any atom is 1.00 e. The number of aliphatic carboxylic acids is 2. The summed E-state index contributed by atoms with van der Waals surface area (Å²) in [4.78, 5) is 23.7. The van der Waals surface area contributed by atoms with Crippen LogP contribution >= 0.6 is 0 Å². The van der Waals surface area contributed by atoms with E-state index >= 15 is 0 Å². The van der Waals surface area contributed by atoms with Crippen LogP contribution in [0.2, 0.25) is 0 Å². The van der Waals surface area contributed by atoms with Crippen LogP contribution < -0.4 is 29.6 Å². The minimum absolute atomic E-state index is 0.